The average molecular weight is 380 g/mol. The molecule has 0 N–H and O–H groups in total. The lowest BCUT2D eigenvalue weighted by molar-refractivity contribution is -0.0328. The minimum Gasteiger partial charge on any atom is -0.345 e. The fourth-order valence-electron chi connectivity index (χ4n) is 2.59. The van der Waals surface area contributed by atoms with Crippen molar-refractivity contribution in [3.05, 3.63) is 42.1 Å². The smallest absolute Gasteiger partial charge is 0.345 e. The quantitative estimate of drug-likeness (QED) is 0.646. The average Bonchev–Trinajstić information content (AvgIpc) is 2.88. The first kappa shape index (κ1) is 18.2. The molecule has 0 saturated carbocycles. The van der Waals surface area contributed by atoms with Crippen LogP contribution in [0.15, 0.2) is 41.4 Å². The van der Waals surface area contributed by atoms with E-state index in [1.165, 1.54) is 17.0 Å². The van der Waals surface area contributed by atoms with E-state index in [2.05, 4.69) is 9.97 Å². The summed E-state index contributed by atoms with van der Waals surface area (Å²) in [6.07, 6.45) is 1.55. The maximum atomic E-state index is 12.6. The van der Waals surface area contributed by atoms with Crippen LogP contribution < -0.4 is 0 Å². The molecular weight excluding hydrogens is 365 g/mol. The third-order valence-corrected chi connectivity index (χ3v) is 4.46. The number of fused-ring (bicyclic) bond motifs is 1. The number of halogens is 3. The Balaban J connectivity index is 2.13. The summed E-state index contributed by atoms with van der Waals surface area (Å²) < 4.78 is 39.5. The van der Waals surface area contributed by atoms with Crippen molar-refractivity contribution in [3.63, 3.8) is 0 Å². The fourth-order valence-corrected chi connectivity index (χ4v) is 3.16. The molecule has 9 heteroatoms. The molecule has 0 unspecified atom stereocenters. The molecule has 2 aromatic heterocycles. The van der Waals surface area contributed by atoms with Gasteiger partial charge >= 0.3 is 5.51 Å². The molecule has 0 atom stereocenters. The topological polar surface area (TPSA) is 51.0 Å². The Morgan fingerprint density at radius 2 is 1.96 bits per heavy atom. The highest BCUT2D eigenvalue weighted by molar-refractivity contribution is 8.00. The molecule has 0 bridgehead atoms. The first-order valence-electron chi connectivity index (χ1n) is 7.56. The second kappa shape index (κ2) is 6.64. The summed E-state index contributed by atoms with van der Waals surface area (Å²) in [5, 5.41) is 0. The Hall–Kier alpha value is -2.55. The van der Waals surface area contributed by atoms with E-state index >= 15 is 0 Å². The van der Waals surface area contributed by atoms with Crippen molar-refractivity contribution in [1.29, 1.82) is 0 Å². The van der Waals surface area contributed by atoms with Gasteiger partial charge in [-0.05, 0) is 42.1 Å². The highest BCUT2D eigenvalue weighted by Crippen LogP contribution is 2.38. The maximum absolute atomic E-state index is 12.6. The number of benzene rings is 1. The summed E-state index contributed by atoms with van der Waals surface area (Å²) in [4.78, 5) is 22.6. The van der Waals surface area contributed by atoms with Gasteiger partial charge in [-0.25, -0.2) is 4.98 Å². The molecule has 0 saturated heterocycles. The summed E-state index contributed by atoms with van der Waals surface area (Å²) in [7, 11) is 5.00. The van der Waals surface area contributed by atoms with Crippen LogP contribution in [-0.2, 0) is 7.05 Å². The lowest BCUT2D eigenvalue weighted by Crippen LogP contribution is -2.23. The molecule has 1 amide bonds. The number of hydrogen-bond acceptors (Lipinski definition) is 4. The van der Waals surface area contributed by atoms with Crippen LogP contribution in [0.4, 0.5) is 13.2 Å². The number of aromatic nitrogens is 3. The van der Waals surface area contributed by atoms with E-state index in [9.17, 15) is 18.0 Å². The van der Waals surface area contributed by atoms with Crippen LogP contribution in [0.25, 0.3) is 22.6 Å². The molecule has 0 aliphatic rings. The van der Waals surface area contributed by atoms with Crippen LogP contribution in [0.5, 0.6) is 0 Å². The van der Waals surface area contributed by atoms with Gasteiger partial charge in [0.05, 0.1) is 16.6 Å². The van der Waals surface area contributed by atoms with Crippen molar-refractivity contribution >= 4 is 28.7 Å². The largest absolute Gasteiger partial charge is 0.446 e. The monoisotopic (exact) mass is 380 g/mol. The standard InChI is InChI=1S/C17H15F3N4OS/c1-23(2)16(25)11-5-4-8-21-14(11)15-22-12-9-10(26-17(18,19)20)6-7-13(12)24(15)3/h4-9H,1-3H3. The number of imidazole rings is 1. The number of hydrogen-bond donors (Lipinski definition) is 0. The van der Waals surface area contributed by atoms with Gasteiger partial charge in [-0.1, -0.05) is 0 Å². The summed E-state index contributed by atoms with van der Waals surface area (Å²) in [5.74, 6) is 0.188. The number of nitrogens with zero attached hydrogens (tertiary/aromatic N) is 4. The molecule has 3 rings (SSSR count). The van der Waals surface area contributed by atoms with E-state index in [-0.39, 0.29) is 22.6 Å². The number of rotatable bonds is 3. The fraction of sp³-hybridized carbons (Fsp3) is 0.235. The molecular formula is C17H15F3N4OS. The Labute approximate surface area is 151 Å². The summed E-state index contributed by atoms with van der Waals surface area (Å²) in [6, 6.07) is 7.66. The van der Waals surface area contributed by atoms with Gasteiger partial charge in [0.2, 0.25) is 0 Å². The van der Waals surface area contributed by atoms with Crippen LogP contribution in [0.3, 0.4) is 0 Å². The number of amides is 1. The number of carbonyl (C=O) groups is 1. The molecule has 5 nitrogen and oxygen atoms in total. The van der Waals surface area contributed by atoms with Gasteiger partial charge in [0.15, 0.2) is 5.82 Å². The minimum absolute atomic E-state index is 0.0558. The minimum atomic E-state index is -4.36. The molecule has 1 aromatic carbocycles. The lowest BCUT2D eigenvalue weighted by Gasteiger charge is -2.13. The molecule has 0 aliphatic carbocycles. The van der Waals surface area contributed by atoms with E-state index in [0.717, 1.165) is 0 Å². The van der Waals surface area contributed by atoms with Crippen LogP contribution in [0.1, 0.15) is 10.4 Å². The second-order valence-electron chi connectivity index (χ2n) is 5.79. The van der Waals surface area contributed by atoms with E-state index in [1.54, 1.807) is 50.1 Å². The number of aryl methyl sites for hydroxylation is 1. The van der Waals surface area contributed by atoms with E-state index < -0.39 is 5.51 Å². The second-order valence-corrected chi connectivity index (χ2v) is 6.93. The Morgan fingerprint density at radius 3 is 2.62 bits per heavy atom. The first-order chi connectivity index (χ1) is 12.2. The number of thioether (sulfide) groups is 1. The van der Waals surface area contributed by atoms with Gasteiger partial charge in [-0.2, -0.15) is 13.2 Å². The summed E-state index contributed by atoms with van der Waals surface area (Å²) in [6.45, 7) is 0. The van der Waals surface area contributed by atoms with Gasteiger partial charge in [-0.15, -0.1) is 0 Å². The zero-order valence-electron chi connectivity index (χ0n) is 14.2. The van der Waals surface area contributed by atoms with Gasteiger partial charge in [0.1, 0.15) is 5.69 Å². The molecule has 136 valence electrons. The Morgan fingerprint density at radius 1 is 1.23 bits per heavy atom. The zero-order chi connectivity index (χ0) is 19.1. The summed E-state index contributed by atoms with van der Waals surface area (Å²) in [5.41, 5.74) is -2.54. The predicted octanol–water partition coefficient (Wildman–Crippen LogP) is 3.95. The van der Waals surface area contributed by atoms with E-state index in [1.807, 2.05) is 0 Å². The number of pyridine rings is 1. The highest BCUT2D eigenvalue weighted by Gasteiger charge is 2.29. The van der Waals surface area contributed by atoms with Gasteiger partial charge in [-0.3, -0.25) is 9.78 Å². The Bertz CT molecular complexity index is 982. The van der Waals surface area contributed by atoms with E-state index in [0.29, 0.717) is 28.1 Å². The zero-order valence-corrected chi connectivity index (χ0v) is 15.0. The lowest BCUT2D eigenvalue weighted by atomic mass is 10.1. The Kier molecular flexibility index (Phi) is 4.66. The van der Waals surface area contributed by atoms with Crippen LogP contribution in [0.2, 0.25) is 0 Å². The maximum Gasteiger partial charge on any atom is 0.446 e. The first-order valence-corrected chi connectivity index (χ1v) is 8.38. The van der Waals surface area contributed by atoms with Crippen LogP contribution in [0, 0.1) is 0 Å². The molecule has 26 heavy (non-hydrogen) atoms. The van der Waals surface area contributed by atoms with Gasteiger partial charge in [0, 0.05) is 32.2 Å². The van der Waals surface area contributed by atoms with Crippen molar-refractivity contribution in [2.45, 2.75) is 10.4 Å². The van der Waals surface area contributed by atoms with Crippen molar-refractivity contribution < 1.29 is 18.0 Å². The SMILES string of the molecule is CN(C)C(=O)c1cccnc1-c1nc2cc(SC(F)(F)F)ccc2n1C. The molecule has 2 heterocycles. The van der Waals surface area contributed by atoms with Crippen molar-refractivity contribution in [1.82, 2.24) is 19.4 Å². The molecule has 0 aliphatic heterocycles. The molecule has 3 aromatic rings. The van der Waals surface area contributed by atoms with E-state index in [4.69, 9.17) is 0 Å². The predicted molar refractivity (Wildman–Crippen MR) is 93.9 cm³/mol. The third-order valence-electron chi connectivity index (χ3n) is 3.74. The molecule has 0 radical (unpaired) electrons. The number of carbonyl (C=O) groups excluding carboxylic acids is 1. The summed E-state index contributed by atoms with van der Waals surface area (Å²) >= 11 is -0.187. The highest BCUT2D eigenvalue weighted by atomic mass is 32.2. The van der Waals surface area contributed by atoms with Crippen LogP contribution >= 0.6 is 11.8 Å². The van der Waals surface area contributed by atoms with Crippen LogP contribution in [-0.4, -0.2) is 44.9 Å². The molecule has 0 spiro atoms. The van der Waals surface area contributed by atoms with Crippen molar-refractivity contribution in [3.8, 4) is 11.5 Å². The van der Waals surface area contributed by atoms with Crippen molar-refractivity contribution in [2.75, 3.05) is 14.1 Å². The van der Waals surface area contributed by atoms with Gasteiger partial charge in [0.25, 0.3) is 5.91 Å². The van der Waals surface area contributed by atoms with Gasteiger partial charge < -0.3 is 9.47 Å². The number of alkyl halides is 3. The normalized spacial score (nSPS) is 11.8. The molecule has 0 fully saturated rings. The van der Waals surface area contributed by atoms with Crippen molar-refractivity contribution in [2.24, 2.45) is 7.05 Å². The third kappa shape index (κ3) is 3.52.